The first-order chi connectivity index (χ1) is 7.31. The molecule has 82 valence electrons. The number of hydrogen-bond donors (Lipinski definition) is 1. The first-order valence-electron chi connectivity index (χ1n) is 5.10. The highest BCUT2D eigenvalue weighted by Gasteiger charge is 2.13. The summed E-state index contributed by atoms with van der Waals surface area (Å²) in [5, 5.41) is 3.34. The molecule has 1 heterocycles. The Hall–Kier alpha value is -0.740. The molecule has 2 rings (SSSR count). The molecule has 0 spiro atoms. The van der Waals surface area contributed by atoms with Gasteiger partial charge in [0.1, 0.15) is 5.75 Å². The van der Waals surface area contributed by atoms with Gasteiger partial charge in [0, 0.05) is 36.7 Å². The highest BCUT2D eigenvalue weighted by Crippen LogP contribution is 2.30. The predicted molar refractivity (Wildman–Crippen MR) is 65.8 cm³/mol. The summed E-state index contributed by atoms with van der Waals surface area (Å²) in [5.41, 5.74) is 1.22. The molecule has 0 saturated carbocycles. The Kier molecular flexibility index (Phi) is 3.49. The van der Waals surface area contributed by atoms with Gasteiger partial charge < -0.3 is 15.0 Å². The van der Waals surface area contributed by atoms with E-state index in [1.165, 1.54) is 5.69 Å². The van der Waals surface area contributed by atoms with Crippen molar-refractivity contribution in [1.29, 1.82) is 0 Å². The van der Waals surface area contributed by atoms with E-state index in [0.29, 0.717) is 0 Å². The first kappa shape index (κ1) is 10.8. The second-order valence-corrected chi connectivity index (χ2v) is 4.41. The van der Waals surface area contributed by atoms with Crippen molar-refractivity contribution in [1.82, 2.24) is 5.32 Å². The number of nitrogens with one attached hydrogen (secondary N) is 1. The van der Waals surface area contributed by atoms with E-state index in [0.717, 1.165) is 36.4 Å². The smallest absolute Gasteiger partial charge is 0.121 e. The lowest BCUT2D eigenvalue weighted by molar-refractivity contribution is 0.414. The molecule has 3 nitrogen and oxygen atoms in total. The average Bonchev–Trinajstić information content (AvgIpc) is 2.31. The zero-order chi connectivity index (χ0) is 10.7. The van der Waals surface area contributed by atoms with Crippen LogP contribution < -0.4 is 15.0 Å². The highest BCUT2D eigenvalue weighted by atomic mass is 79.9. The molecule has 1 aromatic rings. The van der Waals surface area contributed by atoms with E-state index >= 15 is 0 Å². The van der Waals surface area contributed by atoms with Crippen LogP contribution in [0.5, 0.6) is 5.75 Å². The van der Waals surface area contributed by atoms with Gasteiger partial charge in [-0.1, -0.05) is 0 Å². The fourth-order valence-electron chi connectivity index (χ4n) is 1.77. The molecule has 15 heavy (non-hydrogen) atoms. The molecule has 1 aromatic carbocycles. The Morgan fingerprint density at radius 3 is 2.73 bits per heavy atom. The van der Waals surface area contributed by atoms with E-state index in [2.05, 4.69) is 32.2 Å². The van der Waals surface area contributed by atoms with Gasteiger partial charge in [-0.15, -0.1) is 0 Å². The largest absolute Gasteiger partial charge is 0.497 e. The second-order valence-electron chi connectivity index (χ2n) is 3.55. The van der Waals surface area contributed by atoms with Crippen LogP contribution in [0, 0.1) is 0 Å². The van der Waals surface area contributed by atoms with Gasteiger partial charge in [-0.05, 0) is 28.1 Å². The van der Waals surface area contributed by atoms with Crippen LogP contribution in [0.2, 0.25) is 0 Å². The number of hydrogen-bond acceptors (Lipinski definition) is 3. The van der Waals surface area contributed by atoms with E-state index in [1.807, 2.05) is 12.1 Å². The molecule has 0 amide bonds. The predicted octanol–water partition coefficient (Wildman–Crippen LogP) is 1.87. The molecule has 0 unspecified atom stereocenters. The minimum absolute atomic E-state index is 0.909. The quantitative estimate of drug-likeness (QED) is 0.888. The van der Waals surface area contributed by atoms with Gasteiger partial charge in [-0.2, -0.15) is 0 Å². The van der Waals surface area contributed by atoms with E-state index in [9.17, 15) is 0 Å². The lowest BCUT2D eigenvalue weighted by Crippen LogP contribution is -2.43. The Balaban J connectivity index is 2.24. The summed E-state index contributed by atoms with van der Waals surface area (Å²) in [6, 6.07) is 6.08. The molecule has 1 saturated heterocycles. The molecule has 0 bridgehead atoms. The van der Waals surface area contributed by atoms with Crippen molar-refractivity contribution in [3.63, 3.8) is 0 Å². The van der Waals surface area contributed by atoms with Crippen molar-refractivity contribution in [2.45, 2.75) is 0 Å². The highest BCUT2D eigenvalue weighted by molar-refractivity contribution is 9.10. The molecule has 1 aliphatic rings. The Morgan fingerprint density at radius 1 is 1.33 bits per heavy atom. The minimum atomic E-state index is 0.909. The van der Waals surface area contributed by atoms with E-state index in [-0.39, 0.29) is 0 Å². The Bertz CT molecular complexity index is 337. The Labute approximate surface area is 98.5 Å². The molecule has 1 aliphatic heterocycles. The lowest BCUT2D eigenvalue weighted by Gasteiger charge is -2.30. The first-order valence-corrected chi connectivity index (χ1v) is 5.90. The molecule has 0 aromatic heterocycles. The maximum atomic E-state index is 5.24. The summed E-state index contributed by atoms with van der Waals surface area (Å²) in [5.74, 6) is 0.909. The summed E-state index contributed by atoms with van der Waals surface area (Å²) in [6.07, 6.45) is 0. The number of halogens is 1. The van der Waals surface area contributed by atoms with Gasteiger partial charge in [0.25, 0.3) is 0 Å². The number of ether oxygens (including phenoxy) is 1. The topological polar surface area (TPSA) is 24.5 Å². The standard InChI is InChI=1S/C11H15BrN2O/c1-15-9-2-3-10(12)11(8-9)14-6-4-13-5-7-14/h2-3,8,13H,4-7H2,1H3. The molecule has 1 fully saturated rings. The fraction of sp³-hybridized carbons (Fsp3) is 0.455. The van der Waals surface area contributed by atoms with Gasteiger partial charge in [-0.25, -0.2) is 0 Å². The van der Waals surface area contributed by atoms with Crippen LogP contribution in [-0.2, 0) is 0 Å². The molecular weight excluding hydrogens is 256 g/mol. The van der Waals surface area contributed by atoms with Crippen molar-refractivity contribution >= 4 is 21.6 Å². The zero-order valence-corrected chi connectivity index (χ0v) is 10.4. The van der Waals surface area contributed by atoms with E-state index in [1.54, 1.807) is 7.11 Å². The molecule has 4 heteroatoms. The third-order valence-electron chi connectivity index (χ3n) is 2.61. The van der Waals surface area contributed by atoms with Gasteiger partial charge in [0.15, 0.2) is 0 Å². The van der Waals surface area contributed by atoms with Crippen molar-refractivity contribution in [2.75, 3.05) is 38.2 Å². The molecule has 0 atom stereocenters. The second kappa shape index (κ2) is 4.86. The van der Waals surface area contributed by atoms with Crippen LogP contribution in [0.25, 0.3) is 0 Å². The normalized spacial score (nSPS) is 16.5. The van der Waals surface area contributed by atoms with Crippen LogP contribution in [0.3, 0.4) is 0 Å². The van der Waals surface area contributed by atoms with Crippen molar-refractivity contribution < 1.29 is 4.74 Å². The summed E-state index contributed by atoms with van der Waals surface area (Å²) < 4.78 is 6.37. The van der Waals surface area contributed by atoms with Crippen LogP contribution in [0.4, 0.5) is 5.69 Å². The van der Waals surface area contributed by atoms with Crippen LogP contribution in [-0.4, -0.2) is 33.3 Å². The number of methoxy groups -OCH3 is 1. The monoisotopic (exact) mass is 270 g/mol. The number of benzene rings is 1. The number of rotatable bonds is 2. The average molecular weight is 271 g/mol. The van der Waals surface area contributed by atoms with Crippen LogP contribution >= 0.6 is 15.9 Å². The third kappa shape index (κ3) is 2.44. The molecule has 1 N–H and O–H groups in total. The number of nitrogens with zero attached hydrogens (tertiary/aromatic N) is 1. The maximum Gasteiger partial charge on any atom is 0.121 e. The van der Waals surface area contributed by atoms with Gasteiger partial charge in [-0.3, -0.25) is 0 Å². The fourth-order valence-corrected chi connectivity index (χ4v) is 2.26. The van der Waals surface area contributed by atoms with E-state index in [4.69, 9.17) is 4.74 Å². The van der Waals surface area contributed by atoms with E-state index < -0.39 is 0 Å². The summed E-state index contributed by atoms with van der Waals surface area (Å²) in [7, 11) is 1.70. The third-order valence-corrected chi connectivity index (χ3v) is 3.28. The number of anilines is 1. The summed E-state index contributed by atoms with van der Waals surface area (Å²) in [6.45, 7) is 4.19. The van der Waals surface area contributed by atoms with Crippen LogP contribution in [0.15, 0.2) is 22.7 Å². The number of piperazine rings is 1. The SMILES string of the molecule is COc1ccc(Br)c(N2CCNCC2)c1. The molecule has 0 aliphatic carbocycles. The van der Waals surface area contributed by atoms with Gasteiger partial charge in [0.05, 0.1) is 12.8 Å². The summed E-state index contributed by atoms with van der Waals surface area (Å²) in [4.78, 5) is 2.36. The van der Waals surface area contributed by atoms with Crippen molar-refractivity contribution in [2.24, 2.45) is 0 Å². The van der Waals surface area contributed by atoms with Crippen LogP contribution in [0.1, 0.15) is 0 Å². The van der Waals surface area contributed by atoms with Gasteiger partial charge in [0.2, 0.25) is 0 Å². The van der Waals surface area contributed by atoms with Crippen molar-refractivity contribution in [3.8, 4) is 5.75 Å². The molecule has 0 radical (unpaired) electrons. The van der Waals surface area contributed by atoms with Crippen molar-refractivity contribution in [3.05, 3.63) is 22.7 Å². The zero-order valence-electron chi connectivity index (χ0n) is 8.79. The molecular formula is C11H15BrN2O. The van der Waals surface area contributed by atoms with Gasteiger partial charge >= 0.3 is 0 Å². The Morgan fingerprint density at radius 2 is 2.07 bits per heavy atom. The summed E-state index contributed by atoms with van der Waals surface area (Å²) >= 11 is 3.58. The minimum Gasteiger partial charge on any atom is -0.497 e. The maximum absolute atomic E-state index is 5.24. The lowest BCUT2D eigenvalue weighted by atomic mass is 10.2.